The third-order valence-electron chi connectivity index (χ3n) is 6.59. The number of rotatable bonds is 10. The summed E-state index contributed by atoms with van der Waals surface area (Å²) >= 11 is 0. The monoisotopic (exact) mass is 538 g/mol. The first-order chi connectivity index (χ1) is 18.3. The lowest BCUT2D eigenvalue weighted by atomic mass is 10.0. The van der Waals surface area contributed by atoms with Gasteiger partial charge >= 0.3 is 0 Å². The van der Waals surface area contributed by atoms with Crippen molar-refractivity contribution in [3.05, 3.63) is 78.1 Å². The van der Waals surface area contributed by atoms with Crippen molar-refractivity contribution < 1.29 is 22.1 Å². The number of nitrogens with two attached hydrogens (primary N) is 2. The highest BCUT2D eigenvalue weighted by molar-refractivity contribution is 7.86. The average Bonchev–Trinajstić information content (AvgIpc) is 3.44. The minimum absolute atomic E-state index is 0.00468. The molecule has 0 aliphatic heterocycles. The molecule has 38 heavy (non-hydrogen) atoms. The van der Waals surface area contributed by atoms with E-state index < -0.39 is 28.2 Å². The van der Waals surface area contributed by atoms with Gasteiger partial charge in [0.05, 0.1) is 44.5 Å². The zero-order valence-electron chi connectivity index (χ0n) is 20.9. The van der Waals surface area contributed by atoms with Crippen LogP contribution < -0.4 is 11.5 Å². The lowest BCUT2D eigenvalue weighted by Gasteiger charge is -2.26. The second-order valence-electron chi connectivity index (χ2n) is 9.36. The van der Waals surface area contributed by atoms with Gasteiger partial charge in [0.15, 0.2) is 11.5 Å². The predicted molar refractivity (Wildman–Crippen MR) is 142 cm³/mol. The maximum absolute atomic E-state index is 12.4. The fourth-order valence-electron chi connectivity index (χ4n) is 4.91. The highest BCUT2D eigenvalue weighted by atomic mass is 32.2. The summed E-state index contributed by atoms with van der Waals surface area (Å²) < 4.78 is 44.7. The molecule has 1 saturated carbocycles. The van der Waals surface area contributed by atoms with Gasteiger partial charge in [0.25, 0.3) is 10.1 Å². The molecule has 0 saturated heterocycles. The van der Waals surface area contributed by atoms with Gasteiger partial charge in [-0.2, -0.15) is 18.4 Å². The fourth-order valence-corrected chi connectivity index (χ4v) is 5.58. The summed E-state index contributed by atoms with van der Waals surface area (Å²) in [6.45, 7) is 0.940. The summed E-state index contributed by atoms with van der Waals surface area (Å²) in [6.07, 6.45) is 1.84. The van der Waals surface area contributed by atoms with Crippen LogP contribution in [-0.2, 0) is 37.0 Å². The first-order valence-electron chi connectivity index (χ1n) is 12.2. The molecule has 4 aromatic rings. The SMILES string of the molecule is CS(=O)(=O)O[C@H]1[C@H](COCc2ccccc2)[C@@H](OCc2ccccc2)C[C@@H]1n1cnc2c(N)nc(N)nc21. The minimum Gasteiger partial charge on any atom is -0.382 e. The molecule has 1 fully saturated rings. The van der Waals surface area contributed by atoms with Crippen molar-refractivity contribution in [2.24, 2.45) is 5.92 Å². The van der Waals surface area contributed by atoms with Gasteiger partial charge in [-0.1, -0.05) is 60.7 Å². The van der Waals surface area contributed by atoms with Crippen LogP contribution in [0.4, 0.5) is 11.8 Å². The normalized spacial score (nSPS) is 21.7. The number of benzene rings is 2. The Hall–Kier alpha value is -3.58. The maximum Gasteiger partial charge on any atom is 0.264 e. The van der Waals surface area contributed by atoms with Gasteiger partial charge in [-0.3, -0.25) is 4.18 Å². The Kier molecular flexibility index (Phi) is 7.56. The lowest BCUT2D eigenvalue weighted by molar-refractivity contribution is -0.0410. The summed E-state index contributed by atoms with van der Waals surface area (Å²) in [5.74, 6) is -0.268. The molecule has 2 heterocycles. The lowest BCUT2D eigenvalue weighted by Crippen LogP contribution is -2.35. The van der Waals surface area contributed by atoms with E-state index in [0.717, 1.165) is 17.4 Å². The largest absolute Gasteiger partial charge is 0.382 e. The predicted octanol–water partition coefficient (Wildman–Crippen LogP) is 2.70. The van der Waals surface area contributed by atoms with E-state index in [4.69, 9.17) is 25.1 Å². The van der Waals surface area contributed by atoms with Gasteiger partial charge in [-0.25, -0.2) is 4.98 Å². The van der Waals surface area contributed by atoms with Gasteiger partial charge in [-0.05, 0) is 17.5 Å². The van der Waals surface area contributed by atoms with Crippen LogP contribution in [0.25, 0.3) is 11.2 Å². The molecule has 11 nitrogen and oxygen atoms in total. The van der Waals surface area contributed by atoms with Crippen molar-refractivity contribution in [2.45, 2.75) is 37.9 Å². The highest BCUT2D eigenvalue weighted by Crippen LogP contribution is 2.42. The summed E-state index contributed by atoms with van der Waals surface area (Å²) in [5, 5.41) is 0. The quantitative estimate of drug-likeness (QED) is 0.288. The molecule has 1 aliphatic carbocycles. The van der Waals surface area contributed by atoms with Gasteiger partial charge in [0.2, 0.25) is 5.95 Å². The van der Waals surface area contributed by atoms with Crippen LogP contribution in [-0.4, -0.2) is 53.0 Å². The molecule has 2 aromatic heterocycles. The van der Waals surface area contributed by atoms with E-state index in [9.17, 15) is 8.42 Å². The number of aromatic nitrogens is 4. The van der Waals surface area contributed by atoms with E-state index in [-0.39, 0.29) is 24.5 Å². The van der Waals surface area contributed by atoms with E-state index in [1.165, 1.54) is 0 Å². The first kappa shape index (κ1) is 26.0. The molecule has 0 bridgehead atoms. The zero-order chi connectivity index (χ0) is 26.7. The Balaban J connectivity index is 1.47. The zero-order valence-corrected chi connectivity index (χ0v) is 21.7. The number of hydrogen-bond donors (Lipinski definition) is 2. The summed E-state index contributed by atoms with van der Waals surface area (Å²) in [6, 6.07) is 19.0. The molecule has 1 aliphatic rings. The molecule has 200 valence electrons. The van der Waals surface area contributed by atoms with Gasteiger partial charge in [-0.15, -0.1) is 0 Å². The number of anilines is 2. The summed E-state index contributed by atoms with van der Waals surface area (Å²) in [4.78, 5) is 12.7. The van der Waals surface area contributed by atoms with Crippen molar-refractivity contribution in [1.82, 2.24) is 19.5 Å². The van der Waals surface area contributed by atoms with E-state index in [1.807, 2.05) is 60.7 Å². The van der Waals surface area contributed by atoms with Crippen molar-refractivity contribution in [3.63, 3.8) is 0 Å². The Morgan fingerprint density at radius 1 is 0.974 bits per heavy atom. The number of hydrogen-bond acceptors (Lipinski definition) is 10. The Labute approximate surface area is 220 Å². The van der Waals surface area contributed by atoms with Crippen LogP contribution in [0, 0.1) is 5.92 Å². The number of imidazole rings is 1. The first-order valence-corrected chi connectivity index (χ1v) is 14.0. The fraction of sp³-hybridized carbons (Fsp3) is 0.346. The van der Waals surface area contributed by atoms with Crippen LogP contribution in [0.1, 0.15) is 23.6 Å². The molecule has 0 amide bonds. The average molecular weight is 539 g/mol. The van der Waals surface area contributed by atoms with E-state index in [2.05, 4.69) is 15.0 Å². The van der Waals surface area contributed by atoms with Crippen molar-refractivity contribution in [1.29, 1.82) is 0 Å². The van der Waals surface area contributed by atoms with Gasteiger partial charge < -0.3 is 25.5 Å². The van der Waals surface area contributed by atoms with Gasteiger partial charge in [0.1, 0.15) is 11.6 Å². The second-order valence-corrected chi connectivity index (χ2v) is 11.0. The smallest absolute Gasteiger partial charge is 0.264 e. The molecule has 0 spiro atoms. The molecule has 4 atom stereocenters. The molecule has 2 aromatic carbocycles. The molecular weight excluding hydrogens is 508 g/mol. The maximum atomic E-state index is 12.4. The Morgan fingerprint density at radius 3 is 2.29 bits per heavy atom. The second kappa shape index (κ2) is 11.0. The van der Waals surface area contributed by atoms with Crippen LogP contribution in [0.3, 0.4) is 0 Å². The van der Waals surface area contributed by atoms with Crippen LogP contribution in [0.5, 0.6) is 0 Å². The summed E-state index contributed by atoms with van der Waals surface area (Å²) in [7, 11) is -3.83. The highest BCUT2D eigenvalue weighted by Gasteiger charge is 2.48. The topological polar surface area (TPSA) is 157 Å². The van der Waals surface area contributed by atoms with Crippen LogP contribution >= 0.6 is 0 Å². The molecule has 12 heteroatoms. The van der Waals surface area contributed by atoms with Crippen LogP contribution in [0.2, 0.25) is 0 Å². The van der Waals surface area contributed by atoms with Crippen molar-refractivity contribution in [2.75, 3.05) is 24.3 Å². The van der Waals surface area contributed by atoms with Crippen molar-refractivity contribution >= 4 is 33.0 Å². The number of ether oxygens (including phenoxy) is 2. The van der Waals surface area contributed by atoms with Crippen molar-refractivity contribution in [3.8, 4) is 0 Å². The number of fused-ring (bicyclic) bond motifs is 1. The minimum atomic E-state index is -3.83. The third kappa shape index (κ3) is 5.94. The molecule has 0 unspecified atom stereocenters. The van der Waals surface area contributed by atoms with E-state index >= 15 is 0 Å². The van der Waals surface area contributed by atoms with Crippen LogP contribution in [0.15, 0.2) is 67.0 Å². The molecule has 4 N–H and O–H groups in total. The molecule has 5 rings (SSSR count). The standard InChI is InChI=1S/C26H30N6O5S/c1-38(33,34)37-23-19(15-35-13-17-8-4-2-5-9-17)21(36-14-18-10-6-3-7-11-18)12-20(23)32-16-29-22-24(27)30-26(28)31-25(22)32/h2-11,16,19-21,23H,12-15H2,1H3,(H4,27,28,30,31)/t19-,20+,21+,23+/m1/s1. The van der Waals surface area contributed by atoms with Gasteiger partial charge in [0, 0.05) is 5.92 Å². The van der Waals surface area contributed by atoms with E-state index in [0.29, 0.717) is 30.8 Å². The third-order valence-corrected chi connectivity index (χ3v) is 7.16. The number of nitrogens with zero attached hydrogens (tertiary/aromatic N) is 4. The molecule has 0 radical (unpaired) electrons. The number of nitrogen functional groups attached to an aromatic ring is 2. The summed E-state index contributed by atoms with van der Waals surface area (Å²) in [5.41, 5.74) is 14.7. The van der Waals surface area contributed by atoms with E-state index in [1.54, 1.807) is 10.9 Å². The Bertz CT molecular complexity index is 1480. The molecular formula is C26H30N6O5S. The Morgan fingerprint density at radius 2 is 1.63 bits per heavy atom.